The van der Waals surface area contributed by atoms with E-state index in [4.69, 9.17) is 0 Å². The third-order valence-corrected chi connectivity index (χ3v) is 6.95. The smallest absolute Gasteiger partial charge is 0.0480 e. The van der Waals surface area contributed by atoms with E-state index in [1.54, 1.807) is 0 Å². The standard InChI is InChI=1S/C23H36N4O/c1-24-11-13-27(14-12-24)23-9-10-26(17-20(23)7-5-15-28)18-21-16-19-6-3-4-8-22(19)25(21)2/h3-4,6,8,16,20,23,28H,5,7,9-15,17-18H2,1-2H3/t20-,23+/m1/s1. The number of hydrogen-bond acceptors (Lipinski definition) is 4. The number of likely N-dealkylation sites (N-methyl/N-ethyl adjacent to an activating group) is 1. The van der Waals surface area contributed by atoms with Crippen molar-refractivity contribution in [2.24, 2.45) is 13.0 Å². The highest BCUT2D eigenvalue weighted by molar-refractivity contribution is 5.81. The highest BCUT2D eigenvalue weighted by atomic mass is 16.2. The van der Waals surface area contributed by atoms with Crippen LogP contribution in [0.1, 0.15) is 25.0 Å². The van der Waals surface area contributed by atoms with Crippen LogP contribution in [0.25, 0.3) is 10.9 Å². The number of hydrogen-bond donors (Lipinski definition) is 1. The number of rotatable bonds is 6. The van der Waals surface area contributed by atoms with E-state index in [9.17, 15) is 5.11 Å². The first-order chi connectivity index (χ1) is 13.7. The van der Waals surface area contributed by atoms with Crippen molar-refractivity contribution in [2.45, 2.75) is 31.8 Å². The van der Waals surface area contributed by atoms with E-state index in [-0.39, 0.29) is 0 Å². The number of piperidine rings is 1. The van der Waals surface area contributed by atoms with Crippen LogP contribution in [0.5, 0.6) is 0 Å². The van der Waals surface area contributed by atoms with Crippen LogP contribution in [0.3, 0.4) is 0 Å². The number of aliphatic hydroxyl groups excluding tert-OH is 1. The zero-order valence-electron chi connectivity index (χ0n) is 17.6. The number of likely N-dealkylation sites (tertiary alicyclic amines) is 1. The second kappa shape index (κ2) is 8.95. The van der Waals surface area contributed by atoms with Crippen molar-refractivity contribution in [3.05, 3.63) is 36.0 Å². The number of nitrogens with zero attached hydrogens (tertiary/aromatic N) is 4. The van der Waals surface area contributed by atoms with Crippen molar-refractivity contribution in [1.29, 1.82) is 0 Å². The Morgan fingerprint density at radius 2 is 1.82 bits per heavy atom. The number of benzene rings is 1. The third-order valence-electron chi connectivity index (χ3n) is 6.95. The molecule has 28 heavy (non-hydrogen) atoms. The lowest BCUT2D eigenvalue weighted by Crippen LogP contribution is -2.56. The lowest BCUT2D eigenvalue weighted by Gasteiger charge is -2.46. The van der Waals surface area contributed by atoms with Crippen LogP contribution in [0.15, 0.2) is 30.3 Å². The molecule has 2 aliphatic heterocycles. The molecule has 5 nitrogen and oxygen atoms in total. The zero-order valence-corrected chi connectivity index (χ0v) is 17.6. The number of para-hydroxylation sites is 1. The molecule has 2 aromatic rings. The van der Waals surface area contributed by atoms with E-state index >= 15 is 0 Å². The molecule has 2 atom stereocenters. The molecular formula is C23H36N4O. The van der Waals surface area contributed by atoms with Gasteiger partial charge in [0.25, 0.3) is 0 Å². The fraction of sp³-hybridized carbons (Fsp3) is 0.652. The minimum Gasteiger partial charge on any atom is -0.396 e. The van der Waals surface area contributed by atoms with E-state index in [1.165, 1.54) is 55.7 Å². The van der Waals surface area contributed by atoms with Gasteiger partial charge in [0.1, 0.15) is 0 Å². The Hall–Kier alpha value is -1.40. The van der Waals surface area contributed by atoms with Gasteiger partial charge in [0.05, 0.1) is 0 Å². The second-order valence-electron chi connectivity index (χ2n) is 8.81. The van der Waals surface area contributed by atoms with E-state index in [0.29, 0.717) is 18.6 Å². The van der Waals surface area contributed by atoms with Crippen molar-refractivity contribution in [1.82, 2.24) is 19.3 Å². The van der Waals surface area contributed by atoms with E-state index in [2.05, 4.69) is 63.7 Å². The Balaban J connectivity index is 1.44. The maximum absolute atomic E-state index is 9.41. The van der Waals surface area contributed by atoms with Crippen molar-refractivity contribution >= 4 is 10.9 Å². The van der Waals surface area contributed by atoms with Crippen LogP contribution in [-0.2, 0) is 13.6 Å². The van der Waals surface area contributed by atoms with Gasteiger partial charge in [0.2, 0.25) is 0 Å². The van der Waals surface area contributed by atoms with Crippen LogP contribution in [-0.4, -0.2) is 83.3 Å². The second-order valence-corrected chi connectivity index (χ2v) is 8.81. The molecule has 3 heterocycles. The van der Waals surface area contributed by atoms with Gasteiger partial charge in [-0.1, -0.05) is 18.2 Å². The summed E-state index contributed by atoms with van der Waals surface area (Å²) in [7, 11) is 4.42. The van der Waals surface area contributed by atoms with E-state index < -0.39 is 0 Å². The van der Waals surface area contributed by atoms with Gasteiger partial charge in [-0.15, -0.1) is 0 Å². The van der Waals surface area contributed by atoms with Gasteiger partial charge < -0.3 is 14.6 Å². The SMILES string of the molecule is CN1CCN([C@H]2CCN(Cc3cc4ccccc4n3C)C[C@H]2CCCO)CC1. The van der Waals surface area contributed by atoms with Crippen molar-refractivity contribution in [3.8, 4) is 0 Å². The van der Waals surface area contributed by atoms with Gasteiger partial charge in [-0.05, 0) is 49.7 Å². The molecule has 1 N–H and O–H groups in total. The minimum absolute atomic E-state index is 0.315. The van der Waals surface area contributed by atoms with Gasteiger partial charge in [-0.25, -0.2) is 0 Å². The molecule has 0 amide bonds. The van der Waals surface area contributed by atoms with Gasteiger partial charge in [-0.3, -0.25) is 9.80 Å². The zero-order chi connectivity index (χ0) is 19.5. The van der Waals surface area contributed by atoms with E-state index in [1.807, 2.05) is 0 Å². The summed E-state index contributed by atoms with van der Waals surface area (Å²) in [5.74, 6) is 0.666. The first kappa shape index (κ1) is 19.9. The molecule has 1 aromatic carbocycles. The summed E-state index contributed by atoms with van der Waals surface area (Å²) < 4.78 is 2.35. The van der Waals surface area contributed by atoms with Crippen LogP contribution in [0.2, 0.25) is 0 Å². The molecule has 4 rings (SSSR count). The molecule has 0 radical (unpaired) electrons. The first-order valence-corrected chi connectivity index (χ1v) is 10.9. The summed E-state index contributed by atoms with van der Waals surface area (Å²) in [6.45, 7) is 8.42. The summed E-state index contributed by atoms with van der Waals surface area (Å²) in [6.07, 6.45) is 3.32. The number of aliphatic hydroxyl groups is 1. The van der Waals surface area contributed by atoms with Crippen LogP contribution in [0, 0.1) is 5.92 Å². The number of fused-ring (bicyclic) bond motifs is 1. The number of aryl methyl sites for hydroxylation is 1. The Labute approximate surface area is 169 Å². The summed E-state index contributed by atoms with van der Waals surface area (Å²) in [6, 6.07) is 11.7. The predicted octanol–water partition coefficient (Wildman–Crippen LogP) is 2.39. The molecule has 1 aromatic heterocycles. The molecule has 154 valence electrons. The lowest BCUT2D eigenvalue weighted by atomic mass is 9.86. The highest BCUT2D eigenvalue weighted by Gasteiger charge is 2.34. The molecule has 2 fully saturated rings. The molecule has 2 saturated heterocycles. The van der Waals surface area contributed by atoms with Crippen molar-refractivity contribution in [2.75, 3.05) is 52.9 Å². The van der Waals surface area contributed by atoms with Crippen molar-refractivity contribution in [3.63, 3.8) is 0 Å². The first-order valence-electron chi connectivity index (χ1n) is 10.9. The Morgan fingerprint density at radius 3 is 2.57 bits per heavy atom. The average molecular weight is 385 g/mol. The van der Waals surface area contributed by atoms with E-state index in [0.717, 1.165) is 25.9 Å². The molecule has 0 saturated carbocycles. The van der Waals surface area contributed by atoms with Gasteiger partial charge in [-0.2, -0.15) is 0 Å². The number of piperazine rings is 1. The molecule has 0 aliphatic carbocycles. The average Bonchev–Trinajstić information content (AvgIpc) is 3.03. The largest absolute Gasteiger partial charge is 0.396 e. The van der Waals surface area contributed by atoms with Crippen molar-refractivity contribution < 1.29 is 5.11 Å². The van der Waals surface area contributed by atoms with Crippen LogP contribution < -0.4 is 0 Å². The molecular weight excluding hydrogens is 348 g/mol. The summed E-state index contributed by atoms with van der Waals surface area (Å²) in [4.78, 5) is 7.81. The van der Waals surface area contributed by atoms with Crippen LogP contribution >= 0.6 is 0 Å². The molecule has 0 spiro atoms. The highest BCUT2D eigenvalue weighted by Crippen LogP contribution is 2.29. The fourth-order valence-electron chi connectivity index (χ4n) is 5.24. The van der Waals surface area contributed by atoms with Crippen LogP contribution in [0.4, 0.5) is 0 Å². The summed E-state index contributed by atoms with van der Waals surface area (Å²) in [5, 5.41) is 10.7. The Bertz CT molecular complexity index is 765. The molecule has 2 aliphatic rings. The fourth-order valence-corrected chi connectivity index (χ4v) is 5.24. The normalized spacial score (nSPS) is 25.5. The maximum atomic E-state index is 9.41. The molecule has 0 unspecified atom stereocenters. The number of aromatic nitrogens is 1. The monoisotopic (exact) mass is 384 g/mol. The minimum atomic E-state index is 0.315. The Kier molecular flexibility index (Phi) is 6.36. The third kappa shape index (κ3) is 4.28. The Morgan fingerprint density at radius 1 is 1.04 bits per heavy atom. The van der Waals surface area contributed by atoms with Gasteiger partial charge >= 0.3 is 0 Å². The van der Waals surface area contributed by atoms with Gasteiger partial charge in [0, 0.05) is 76.7 Å². The molecule has 0 bridgehead atoms. The topological polar surface area (TPSA) is 34.9 Å². The maximum Gasteiger partial charge on any atom is 0.0480 e. The summed E-state index contributed by atoms with van der Waals surface area (Å²) >= 11 is 0. The van der Waals surface area contributed by atoms with Gasteiger partial charge in [0.15, 0.2) is 0 Å². The molecule has 5 heteroatoms. The quantitative estimate of drug-likeness (QED) is 0.829. The predicted molar refractivity (Wildman–Crippen MR) is 115 cm³/mol. The lowest BCUT2D eigenvalue weighted by molar-refractivity contribution is 0.0207. The summed E-state index contributed by atoms with van der Waals surface area (Å²) in [5.41, 5.74) is 2.72.